The molecule has 0 bridgehead atoms. The number of piperidine rings is 1. The Hall–Kier alpha value is -1.78. The Morgan fingerprint density at radius 3 is 2.85 bits per heavy atom. The normalized spacial score (nSPS) is 21.5. The van der Waals surface area contributed by atoms with Gasteiger partial charge < -0.3 is 0 Å². The van der Waals surface area contributed by atoms with Crippen molar-refractivity contribution in [1.29, 1.82) is 0 Å². The zero-order valence-corrected chi connectivity index (χ0v) is 15.9. The van der Waals surface area contributed by atoms with Gasteiger partial charge in [0.05, 0.1) is 6.04 Å². The van der Waals surface area contributed by atoms with Crippen molar-refractivity contribution in [2.75, 3.05) is 26.7 Å². The molecule has 1 aromatic heterocycles. The number of hydrogen-bond acceptors (Lipinski definition) is 4. The van der Waals surface area contributed by atoms with Gasteiger partial charge in [-0.1, -0.05) is 36.8 Å². The highest BCUT2D eigenvalue weighted by Gasteiger charge is 2.25. The second-order valence-corrected chi connectivity index (χ2v) is 7.81. The maximum absolute atomic E-state index is 4.97. The second-order valence-electron chi connectivity index (χ2n) is 7.81. The van der Waals surface area contributed by atoms with Gasteiger partial charge in [0.25, 0.3) is 0 Å². The van der Waals surface area contributed by atoms with Crippen LogP contribution in [0.2, 0.25) is 0 Å². The van der Waals surface area contributed by atoms with Gasteiger partial charge in [0.2, 0.25) is 0 Å². The molecule has 0 N–H and O–H groups in total. The van der Waals surface area contributed by atoms with Crippen LogP contribution in [-0.4, -0.2) is 46.4 Å². The van der Waals surface area contributed by atoms with E-state index in [2.05, 4.69) is 53.4 Å². The first-order chi connectivity index (χ1) is 12.8. The highest BCUT2D eigenvalue weighted by atomic mass is 15.2. The lowest BCUT2D eigenvalue weighted by atomic mass is 10.0. The van der Waals surface area contributed by atoms with Gasteiger partial charge in [0, 0.05) is 37.0 Å². The first-order valence-electron chi connectivity index (χ1n) is 10.1. The Morgan fingerprint density at radius 2 is 2.00 bits per heavy atom. The molecule has 1 fully saturated rings. The van der Waals surface area contributed by atoms with Gasteiger partial charge in [-0.25, -0.2) is 9.97 Å². The molecule has 1 atom stereocenters. The van der Waals surface area contributed by atoms with Crippen molar-refractivity contribution in [2.45, 2.75) is 51.1 Å². The summed E-state index contributed by atoms with van der Waals surface area (Å²) in [5.74, 6) is 1.04. The Bertz CT molecular complexity index is 715. The van der Waals surface area contributed by atoms with E-state index in [4.69, 9.17) is 9.97 Å². The molecule has 0 aliphatic carbocycles. The van der Waals surface area contributed by atoms with E-state index in [0.29, 0.717) is 6.04 Å². The Morgan fingerprint density at radius 1 is 1.12 bits per heavy atom. The van der Waals surface area contributed by atoms with Crippen LogP contribution in [-0.2, 0) is 19.4 Å². The van der Waals surface area contributed by atoms with Gasteiger partial charge in [-0.3, -0.25) is 9.80 Å². The first kappa shape index (κ1) is 17.6. The van der Waals surface area contributed by atoms with E-state index in [-0.39, 0.29) is 0 Å². The molecule has 0 unspecified atom stereocenters. The van der Waals surface area contributed by atoms with Crippen molar-refractivity contribution < 1.29 is 0 Å². The fraction of sp³-hybridized carbons (Fsp3) is 0.545. The molecule has 3 heterocycles. The number of aryl methyl sites for hydroxylation is 1. The van der Waals surface area contributed by atoms with Crippen LogP contribution in [0.4, 0.5) is 0 Å². The van der Waals surface area contributed by atoms with Gasteiger partial charge in [-0.15, -0.1) is 0 Å². The molecule has 1 aromatic carbocycles. The summed E-state index contributed by atoms with van der Waals surface area (Å²) in [6.45, 7) is 4.45. The fourth-order valence-corrected chi connectivity index (χ4v) is 4.29. The van der Waals surface area contributed by atoms with Crippen molar-refractivity contribution >= 4 is 0 Å². The van der Waals surface area contributed by atoms with Gasteiger partial charge >= 0.3 is 0 Å². The number of fused-ring (bicyclic) bond motifs is 1. The molecule has 1 saturated heterocycles. The third-order valence-corrected chi connectivity index (χ3v) is 5.88. The smallest absolute Gasteiger partial charge is 0.145 e. The van der Waals surface area contributed by atoms with E-state index in [1.54, 1.807) is 0 Å². The maximum atomic E-state index is 4.97. The summed E-state index contributed by atoms with van der Waals surface area (Å²) in [4.78, 5) is 14.7. The van der Waals surface area contributed by atoms with Crippen LogP contribution in [0.15, 0.2) is 36.5 Å². The molecule has 0 radical (unpaired) electrons. The number of aromatic nitrogens is 2. The number of rotatable bonds is 5. The summed E-state index contributed by atoms with van der Waals surface area (Å²) in [6.07, 6.45) is 9.33. The largest absolute Gasteiger partial charge is 0.299 e. The minimum atomic E-state index is 0.415. The number of likely N-dealkylation sites (tertiary alicyclic amines) is 1. The van der Waals surface area contributed by atoms with Crippen molar-refractivity contribution in [1.82, 2.24) is 19.8 Å². The fourth-order valence-electron chi connectivity index (χ4n) is 4.29. The van der Waals surface area contributed by atoms with Gasteiger partial charge in [-0.05, 0) is 51.4 Å². The van der Waals surface area contributed by atoms with Gasteiger partial charge in [0.1, 0.15) is 5.82 Å². The van der Waals surface area contributed by atoms with Crippen LogP contribution in [0.25, 0.3) is 0 Å². The van der Waals surface area contributed by atoms with Crippen LogP contribution in [0.1, 0.15) is 54.4 Å². The summed E-state index contributed by atoms with van der Waals surface area (Å²) in [6, 6.07) is 11.2. The first-order valence-corrected chi connectivity index (χ1v) is 10.1. The van der Waals surface area contributed by atoms with Gasteiger partial charge in [-0.2, -0.15) is 0 Å². The monoisotopic (exact) mass is 350 g/mol. The average molecular weight is 351 g/mol. The highest BCUT2D eigenvalue weighted by molar-refractivity contribution is 5.21. The molecule has 2 aromatic rings. The molecule has 0 saturated carbocycles. The number of nitrogens with zero attached hydrogens (tertiary/aromatic N) is 4. The second kappa shape index (κ2) is 8.28. The molecular formula is C22H30N4. The molecule has 4 nitrogen and oxygen atoms in total. The number of benzene rings is 1. The molecule has 0 spiro atoms. The maximum Gasteiger partial charge on any atom is 0.145 e. The van der Waals surface area contributed by atoms with Crippen molar-refractivity contribution in [3.05, 3.63) is 59.2 Å². The van der Waals surface area contributed by atoms with E-state index in [0.717, 1.165) is 38.3 Å². The van der Waals surface area contributed by atoms with Crippen molar-refractivity contribution in [2.24, 2.45) is 0 Å². The van der Waals surface area contributed by atoms with Crippen molar-refractivity contribution in [3.8, 4) is 0 Å². The van der Waals surface area contributed by atoms with Crippen LogP contribution in [0.3, 0.4) is 0 Å². The lowest BCUT2D eigenvalue weighted by Crippen LogP contribution is -2.34. The third-order valence-electron chi connectivity index (χ3n) is 5.88. The van der Waals surface area contributed by atoms with E-state index >= 15 is 0 Å². The molecule has 2 aliphatic heterocycles. The Balaban J connectivity index is 1.34. The van der Waals surface area contributed by atoms with E-state index in [9.17, 15) is 0 Å². The molecular weight excluding hydrogens is 320 g/mol. The quantitative estimate of drug-likeness (QED) is 0.824. The summed E-state index contributed by atoms with van der Waals surface area (Å²) in [5, 5.41) is 0. The standard InChI is InChI=1S/C22H30N4/c1-25-13-6-5-11-21(25)22-23-16-19-17-26(15-12-20(19)24-22)14-7-10-18-8-3-2-4-9-18/h2-4,8-9,16,21H,5-7,10-15,17H2,1H3/t21-/m1/s1. The van der Waals surface area contributed by atoms with Crippen LogP contribution in [0.5, 0.6) is 0 Å². The third kappa shape index (κ3) is 4.13. The molecule has 26 heavy (non-hydrogen) atoms. The SMILES string of the molecule is CN1CCCC[C@@H]1c1ncc2c(n1)CCN(CCCc1ccccc1)C2. The lowest BCUT2D eigenvalue weighted by molar-refractivity contribution is 0.178. The van der Waals surface area contributed by atoms with Crippen LogP contribution < -0.4 is 0 Å². The van der Waals surface area contributed by atoms with Gasteiger partial charge in [0.15, 0.2) is 0 Å². The molecule has 4 rings (SSSR count). The lowest BCUT2D eigenvalue weighted by Gasteiger charge is -2.32. The predicted octanol–water partition coefficient (Wildman–Crippen LogP) is 3.62. The number of hydrogen-bond donors (Lipinski definition) is 0. The average Bonchev–Trinajstić information content (AvgIpc) is 2.69. The minimum Gasteiger partial charge on any atom is -0.299 e. The molecule has 0 amide bonds. The summed E-state index contributed by atoms with van der Waals surface area (Å²) < 4.78 is 0. The summed E-state index contributed by atoms with van der Waals surface area (Å²) >= 11 is 0. The molecule has 138 valence electrons. The Kier molecular flexibility index (Phi) is 5.61. The highest BCUT2D eigenvalue weighted by Crippen LogP contribution is 2.28. The van der Waals surface area contributed by atoms with E-state index in [1.165, 1.54) is 49.0 Å². The van der Waals surface area contributed by atoms with E-state index < -0.39 is 0 Å². The Labute approximate surface area is 157 Å². The predicted molar refractivity (Wildman–Crippen MR) is 105 cm³/mol. The molecule has 4 heteroatoms. The topological polar surface area (TPSA) is 32.3 Å². The zero-order valence-electron chi connectivity index (χ0n) is 15.9. The zero-order chi connectivity index (χ0) is 17.8. The van der Waals surface area contributed by atoms with Crippen LogP contribution in [0, 0.1) is 0 Å². The van der Waals surface area contributed by atoms with Crippen molar-refractivity contribution in [3.63, 3.8) is 0 Å². The summed E-state index contributed by atoms with van der Waals surface area (Å²) in [7, 11) is 2.21. The molecule has 2 aliphatic rings. The van der Waals surface area contributed by atoms with E-state index in [1.807, 2.05) is 0 Å². The van der Waals surface area contributed by atoms with Crippen LogP contribution >= 0.6 is 0 Å². The summed E-state index contributed by atoms with van der Waals surface area (Å²) in [5.41, 5.74) is 4.06. The minimum absolute atomic E-state index is 0.415.